The molecule has 1 N–H and O–H groups in total. The second-order valence-electron chi connectivity index (χ2n) is 5.55. The van der Waals surface area contributed by atoms with Gasteiger partial charge in [-0.2, -0.15) is 0 Å². The van der Waals surface area contributed by atoms with Crippen LogP contribution in [0.4, 0.5) is 0 Å². The summed E-state index contributed by atoms with van der Waals surface area (Å²) in [5.74, 6) is 0.945. The molecule has 2 nitrogen and oxygen atoms in total. The molecule has 0 aliphatic rings. The first-order valence-electron chi connectivity index (χ1n) is 6.41. The Kier molecular flexibility index (Phi) is 6.23. The Balaban J connectivity index is 4.80. The van der Waals surface area contributed by atoms with Gasteiger partial charge in [0.25, 0.3) is 0 Å². The minimum Gasteiger partial charge on any atom is -0.263 e. The maximum atomic E-state index is 12.0. The third kappa shape index (κ3) is 3.87. The van der Waals surface area contributed by atoms with Crippen LogP contribution in [0.2, 0.25) is 5.82 Å². The number of unbranched alkanes of at least 4 members (excludes halogenated alkanes) is 1. The lowest BCUT2D eigenvalue weighted by atomic mass is 9.59. The third-order valence-electron chi connectivity index (χ3n) is 4.26. The van der Waals surface area contributed by atoms with E-state index in [9.17, 15) is 4.21 Å². The van der Waals surface area contributed by atoms with Crippen LogP contribution in [-0.2, 0) is 9.58 Å². The first-order valence-corrected chi connectivity index (χ1v) is 8.38. The first-order chi connectivity index (χ1) is 7.18. The fraction of sp³-hybridized carbons (Fsp3) is 1.00. The topological polar surface area (TPSA) is 40.9 Å². The van der Waals surface area contributed by atoms with Crippen LogP contribution in [0.25, 0.3) is 0 Å². The molecule has 4 unspecified atom stereocenters. The van der Waals surface area contributed by atoms with E-state index in [0.29, 0.717) is 11.7 Å². The summed E-state index contributed by atoms with van der Waals surface area (Å²) in [5, 5.41) is 0. The molecule has 0 aromatic carbocycles. The summed E-state index contributed by atoms with van der Waals surface area (Å²) in [6, 6.07) is 0. The Morgan fingerprint density at radius 3 is 2.25 bits per heavy atom. The van der Waals surface area contributed by atoms with Crippen LogP contribution < -0.4 is 0 Å². The van der Waals surface area contributed by atoms with Gasteiger partial charge in [-0.1, -0.05) is 52.3 Å². The lowest BCUT2D eigenvalue weighted by molar-refractivity contribution is 0.407. The molecule has 92 valence electrons. The van der Waals surface area contributed by atoms with E-state index in [2.05, 4.69) is 21.7 Å². The van der Waals surface area contributed by atoms with Gasteiger partial charge in [-0.25, -0.2) is 0 Å². The van der Waals surface area contributed by atoms with Gasteiger partial charge in [0.2, 0.25) is 7.12 Å². The molecule has 6 heteroatoms. The number of nitrogens with one attached hydrogen (secondary N) is 1. The molecule has 0 fully saturated rings. The van der Waals surface area contributed by atoms with Crippen molar-refractivity contribution in [2.75, 3.05) is 0 Å². The van der Waals surface area contributed by atoms with Crippen molar-refractivity contribution in [3.05, 3.63) is 0 Å². The number of hydrogen-bond acceptors (Lipinski definition) is 2. The van der Waals surface area contributed by atoms with Crippen LogP contribution in [0.1, 0.15) is 46.5 Å². The van der Waals surface area contributed by atoms with Crippen LogP contribution in [0, 0.1) is 10.7 Å². The third-order valence-corrected chi connectivity index (χ3v) is 6.64. The van der Waals surface area contributed by atoms with Gasteiger partial charge in [-0.15, -0.1) is 0 Å². The van der Waals surface area contributed by atoms with E-state index in [-0.39, 0.29) is 4.65 Å². The summed E-state index contributed by atoms with van der Waals surface area (Å²) in [6.45, 7) is 6.39. The highest BCUT2D eigenvalue weighted by Gasteiger charge is 2.36. The van der Waals surface area contributed by atoms with Gasteiger partial charge in [0.15, 0.2) is 0 Å². The Labute approximate surface area is 104 Å². The van der Waals surface area contributed by atoms with Crippen molar-refractivity contribution in [1.29, 1.82) is 4.78 Å². The molecule has 0 amide bonds. The van der Waals surface area contributed by atoms with E-state index in [1.165, 1.54) is 19.3 Å². The molecule has 4 atom stereocenters. The van der Waals surface area contributed by atoms with Gasteiger partial charge in [0.1, 0.15) is 15.7 Å². The minimum absolute atomic E-state index is 0.346. The summed E-state index contributed by atoms with van der Waals surface area (Å²) < 4.78 is 19.5. The molecule has 0 heterocycles. The Bertz CT molecular complexity index is 303. The van der Waals surface area contributed by atoms with Crippen molar-refractivity contribution in [1.82, 2.24) is 0 Å². The molecule has 0 aliphatic carbocycles. The number of rotatable bonds is 7. The standard InChI is InChI=1S/C10H26B3NOS/c1-4-6-7-8(5-2)9(11)10(3,12)16(13,14)15/h8-9,14H,4-7,11-13H2,1-3H3. The second kappa shape index (κ2) is 6.18. The Morgan fingerprint density at radius 1 is 1.44 bits per heavy atom. The molecule has 0 bridgehead atoms. The van der Waals surface area contributed by atoms with Gasteiger partial charge in [-0.05, 0) is 15.5 Å². The van der Waals surface area contributed by atoms with E-state index in [1.54, 1.807) is 7.12 Å². The average molecular weight is 241 g/mol. The molecule has 0 saturated carbocycles. The van der Waals surface area contributed by atoms with Gasteiger partial charge >= 0.3 is 0 Å². The van der Waals surface area contributed by atoms with E-state index >= 15 is 0 Å². The maximum absolute atomic E-state index is 12.0. The van der Waals surface area contributed by atoms with Crippen molar-refractivity contribution in [2.45, 2.75) is 56.9 Å². The zero-order valence-electron chi connectivity index (χ0n) is 11.8. The van der Waals surface area contributed by atoms with Gasteiger partial charge < -0.3 is 0 Å². The highest BCUT2D eigenvalue weighted by Crippen LogP contribution is 2.36. The zero-order valence-corrected chi connectivity index (χ0v) is 12.6. The zero-order chi connectivity index (χ0) is 13.0. The highest BCUT2D eigenvalue weighted by molar-refractivity contribution is 8.15. The lowest BCUT2D eigenvalue weighted by Gasteiger charge is -2.38. The molecule has 0 aliphatic heterocycles. The summed E-state index contributed by atoms with van der Waals surface area (Å²) in [5.41, 5.74) is 0. The van der Waals surface area contributed by atoms with Gasteiger partial charge in [0.05, 0.1) is 0 Å². The summed E-state index contributed by atoms with van der Waals surface area (Å²) in [4.78, 5) is 0. The monoisotopic (exact) mass is 241 g/mol. The van der Waals surface area contributed by atoms with Crippen molar-refractivity contribution < 1.29 is 4.21 Å². The van der Waals surface area contributed by atoms with Crippen LogP contribution in [0.5, 0.6) is 0 Å². The fourth-order valence-electron chi connectivity index (χ4n) is 2.20. The Hall–Kier alpha value is 0.145. The molecule has 0 aromatic rings. The lowest BCUT2D eigenvalue weighted by Crippen LogP contribution is -2.42. The molecule has 0 saturated heterocycles. The molecule has 0 spiro atoms. The van der Waals surface area contributed by atoms with E-state index in [1.807, 2.05) is 14.8 Å². The minimum atomic E-state index is -2.48. The smallest absolute Gasteiger partial charge is 0.229 e. The van der Waals surface area contributed by atoms with Crippen molar-refractivity contribution >= 4 is 32.4 Å². The van der Waals surface area contributed by atoms with Gasteiger partial charge in [0, 0.05) is 4.65 Å². The SMILES string of the molecule is BC(C(CC)CCCC)C(B)(C)S(B)(=N)=O. The molecule has 0 aromatic heterocycles. The first kappa shape index (κ1) is 16.1. The molecule has 0 radical (unpaired) electrons. The number of hydrogen-bond donors (Lipinski definition) is 1. The molecular formula is C10H26B3NOS. The predicted octanol–water partition coefficient (Wildman–Crippen LogP) is 0.569. The van der Waals surface area contributed by atoms with Crippen molar-refractivity contribution in [3.63, 3.8) is 0 Å². The van der Waals surface area contributed by atoms with Crippen LogP contribution in [-0.4, -0.2) is 31.7 Å². The maximum Gasteiger partial charge on any atom is 0.229 e. The molecule has 16 heavy (non-hydrogen) atoms. The van der Waals surface area contributed by atoms with Crippen LogP contribution in [0.3, 0.4) is 0 Å². The van der Waals surface area contributed by atoms with Crippen molar-refractivity contribution in [2.24, 2.45) is 5.92 Å². The van der Waals surface area contributed by atoms with E-state index < -0.39 is 9.58 Å². The normalized spacial score (nSPS) is 22.9. The summed E-state index contributed by atoms with van der Waals surface area (Å²) in [6.07, 6.45) is 4.78. The highest BCUT2D eigenvalue weighted by atomic mass is 32.2. The molecule has 0 rings (SSSR count). The van der Waals surface area contributed by atoms with E-state index in [0.717, 1.165) is 6.42 Å². The van der Waals surface area contributed by atoms with E-state index in [4.69, 9.17) is 4.78 Å². The summed E-state index contributed by atoms with van der Waals surface area (Å²) >= 11 is 0. The quantitative estimate of drug-likeness (QED) is 0.650. The fourth-order valence-corrected chi connectivity index (χ4v) is 3.10. The Morgan fingerprint density at radius 2 is 1.94 bits per heavy atom. The average Bonchev–Trinajstić information content (AvgIpc) is 2.16. The van der Waals surface area contributed by atoms with Crippen molar-refractivity contribution in [3.8, 4) is 0 Å². The second-order valence-corrected chi connectivity index (χ2v) is 8.29. The van der Waals surface area contributed by atoms with Crippen LogP contribution in [0.15, 0.2) is 0 Å². The predicted molar refractivity (Wildman–Crippen MR) is 82.0 cm³/mol. The summed E-state index contributed by atoms with van der Waals surface area (Å²) in [7, 11) is 3.25. The largest absolute Gasteiger partial charge is 0.263 e. The van der Waals surface area contributed by atoms with Gasteiger partial charge in [-0.3, -0.25) is 8.99 Å². The van der Waals surface area contributed by atoms with Crippen LogP contribution >= 0.6 is 0 Å². The molecular weight excluding hydrogens is 215 g/mol.